The topological polar surface area (TPSA) is 43.4 Å². The van der Waals surface area contributed by atoms with Crippen LogP contribution >= 0.6 is 0 Å². The Morgan fingerprint density at radius 1 is 1.16 bits per heavy atom. The third kappa shape index (κ3) is 2.72. The van der Waals surface area contributed by atoms with Crippen molar-refractivity contribution in [2.45, 2.75) is 20.3 Å². The molecule has 0 bridgehead atoms. The van der Waals surface area contributed by atoms with Crippen LogP contribution in [0, 0.1) is 6.92 Å². The van der Waals surface area contributed by atoms with Crippen molar-refractivity contribution in [3.05, 3.63) is 23.8 Å². The molecule has 0 unspecified atom stereocenters. The molecule has 4 heteroatoms. The molecule has 0 saturated carbocycles. The molecule has 1 N–H and O–H groups in total. The highest BCUT2D eigenvalue weighted by Gasteiger charge is 2.10. The summed E-state index contributed by atoms with van der Waals surface area (Å²) < 4.78 is 10.7. The highest BCUT2D eigenvalue weighted by molar-refractivity contribution is 5.88. The average Bonchev–Trinajstić information content (AvgIpc) is 2.43. The smallest absolute Gasteiger partial charge is 0.148 e. The van der Waals surface area contributed by atoms with Gasteiger partial charge in [-0.1, -0.05) is 6.92 Å². The van der Waals surface area contributed by atoms with Gasteiger partial charge in [-0.25, -0.2) is 4.98 Å². The monoisotopic (exact) mass is 260 g/mol. The molecular formula is C15H20N2O2. The molecule has 1 heterocycles. The molecule has 1 aromatic heterocycles. The van der Waals surface area contributed by atoms with Crippen molar-refractivity contribution >= 4 is 16.7 Å². The second-order valence-electron chi connectivity index (χ2n) is 4.48. The van der Waals surface area contributed by atoms with Crippen LogP contribution in [0.15, 0.2) is 18.2 Å². The molecule has 0 atom stereocenters. The normalized spacial score (nSPS) is 10.5. The summed E-state index contributed by atoms with van der Waals surface area (Å²) in [6, 6.07) is 5.93. The van der Waals surface area contributed by atoms with Crippen molar-refractivity contribution in [1.29, 1.82) is 0 Å². The van der Waals surface area contributed by atoms with Crippen molar-refractivity contribution in [3.8, 4) is 11.5 Å². The van der Waals surface area contributed by atoms with Gasteiger partial charge in [0.25, 0.3) is 0 Å². The summed E-state index contributed by atoms with van der Waals surface area (Å²) in [7, 11) is 3.30. The first kappa shape index (κ1) is 13.5. The molecule has 4 nitrogen and oxygen atoms in total. The zero-order chi connectivity index (χ0) is 13.8. The third-order valence-electron chi connectivity index (χ3n) is 3.05. The molecule has 0 aliphatic rings. The zero-order valence-electron chi connectivity index (χ0n) is 11.9. The second-order valence-corrected chi connectivity index (χ2v) is 4.48. The van der Waals surface area contributed by atoms with Crippen LogP contribution in [0.4, 0.5) is 5.82 Å². The van der Waals surface area contributed by atoms with Crippen LogP contribution in [-0.4, -0.2) is 25.7 Å². The maximum Gasteiger partial charge on any atom is 0.148 e. The van der Waals surface area contributed by atoms with Gasteiger partial charge in [-0.05, 0) is 31.0 Å². The lowest BCUT2D eigenvalue weighted by Gasteiger charge is -2.12. The highest BCUT2D eigenvalue weighted by atomic mass is 16.5. The molecule has 0 saturated heterocycles. The fourth-order valence-electron chi connectivity index (χ4n) is 2.03. The Morgan fingerprint density at radius 2 is 1.95 bits per heavy atom. The number of nitrogens with zero attached hydrogens (tertiary/aromatic N) is 1. The van der Waals surface area contributed by atoms with Gasteiger partial charge < -0.3 is 14.8 Å². The molecule has 0 aliphatic carbocycles. The first-order valence-corrected chi connectivity index (χ1v) is 6.46. The van der Waals surface area contributed by atoms with Gasteiger partial charge in [-0.15, -0.1) is 0 Å². The number of hydrogen-bond acceptors (Lipinski definition) is 4. The molecule has 0 aliphatic heterocycles. The van der Waals surface area contributed by atoms with Gasteiger partial charge in [-0.2, -0.15) is 0 Å². The summed E-state index contributed by atoms with van der Waals surface area (Å²) in [5, 5.41) is 4.36. The largest absolute Gasteiger partial charge is 0.497 e. The lowest BCUT2D eigenvalue weighted by atomic mass is 10.1. The van der Waals surface area contributed by atoms with Gasteiger partial charge in [0.1, 0.15) is 22.8 Å². The second kappa shape index (κ2) is 5.78. The maximum absolute atomic E-state index is 5.40. The number of rotatable bonds is 5. The van der Waals surface area contributed by atoms with Crippen LogP contribution in [0.2, 0.25) is 0 Å². The molecule has 19 heavy (non-hydrogen) atoms. The Bertz CT molecular complexity index is 582. The molecular weight excluding hydrogens is 240 g/mol. The van der Waals surface area contributed by atoms with Gasteiger partial charge in [0.15, 0.2) is 0 Å². The van der Waals surface area contributed by atoms with Gasteiger partial charge in [0.2, 0.25) is 0 Å². The number of anilines is 1. The van der Waals surface area contributed by atoms with Crippen molar-refractivity contribution in [1.82, 2.24) is 4.98 Å². The Kier molecular flexibility index (Phi) is 4.10. The molecule has 1 aromatic carbocycles. The number of aromatic nitrogens is 1. The van der Waals surface area contributed by atoms with Gasteiger partial charge in [0, 0.05) is 18.0 Å². The predicted molar refractivity (Wildman–Crippen MR) is 78.4 cm³/mol. The predicted octanol–water partition coefficient (Wildman–Crippen LogP) is 3.38. The number of hydrogen-bond donors (Lipinski definition) is 1. The van der Waals surface area contributed by atoms with E-state index in [1.807, 2.05) is 12.1 Å². The van der Waals surface area contributed by atoms with Crippen LogP contribution in [-0.2, 0) is 0 Å². The van der Waals surface area contributed by atoms with Crippen LogP contribution in [0.3, 0.4) is 0 Å². The zero-order valence-corrected chi connectivity index (χ0v) is 11.9. The Balaban J connectivity index is 2.57. The van der Waals surface area contributed by atoms with E-state index >= 15 is 0 Å². The first-order chi connectivity index (χ1) is 9.19. The van der Waals surface area contributed by atoms with E-state index in [-0.39, 0.29) is 0 Å². The minimum absolute atomic E-state index is 0.730. The summed E-state index contributed by atoms with van der Waals surface area (Å²) in [6.45, 7) is 5.10. The number of methoxy groups -OCH3 is 2. The standard InChI is InChI=1S/C15H20N2O2/c1-5-6-16-15-10(2)7-11-8-12(18-3)9-13(19-4)14(11)17-15/h7-9H,5-6H2,1-4H3,(H,16,17). The van der Waals surface area contributed by atoms with Crippen LogP contribution in [0.25, 0.3) is 10.9 Å². The number of aryl methyl sites for hydroxylation is 1. The number of pyridine rings is 1. The summed E-state index contributed by atoms with van der Waals surface area (Å²) in [6.07, 6.45) is 1.07. The SMILES string of the molecule is CCCNc1nc2c(OC)cc(OC)cc2cc1C. The molecule has 102 valence electrons. The van der Waals surface area contributed by atoms with Crippen LogP contribution in [0.1, 0.15) is 18.9 Å². The fourth-order valence-corrected chi connectivity index (χ4v) is 2.03. The molecule has 0 spiro atoms. The van der Waals surface area contributed by atoms with Crippen molar-refractivity contribution in [2.24, 2.45) is 0 Å². The fraction of sp³-hybridized carbons (Fsp3) is 0.400. The van der Waals surface area contributed by atoms with E-state index < -0.39 is 0 Å². The lowest BCUT2D eigenvalue weighted by molar-refractivity contribution is 0.397. The first-order valence-electron chi connectivity index (χ1n) is 6.46. The summed E-state index contributed by atoms with van der Waals surface area (Å²) in [4.78, 5) is 4.67. The quantitative estimate of drug-likeness (QED) is 0.895. The van der Waals surface area contributed by atoms with Crippen molar-refractivity contribution in [3.63, 3.8) is 0 Å². The van der Waals surface area contributed by atoms with Crippen molar-refractivity contribution < 1.29 is 9.47 Å². The van der Waals surface area contributed by atoms with Crippen LogP contribution < -0.4 is 14.8 Å². The Labute approximate surface area is 113 Å². The van der Waals surface area contributed by atoms with Crippen molar-refractivity contribution in [2.75, 3.05) is 26.1 Å². The number of benzene rings is 1. The molecule has 0 amide bonds. The molecule has 2 rings (SSSR count). The maximum atomic E-state index is 5.40. The molecule has 0 fully saturated rings. The minimum Gasteiger partial charge on any atom is -0.497 e. The summed E-state index contributed by atoms with van der Waals surface area (Å²) >= 11 is 0. The molecule has 0 radical (unpaired) electrons. The van der Waals surface area contributed by atoms with Crippen LogP contribution in [0.5, 0.6) is 11.5 Å². The van der Waals surface area contributed by atoms with E-state index in [2.05, 4.69) is 30.2 Å². The number of fused-ring (bicyclic) bond motifs is 1. The lowest BCUT2D eigenvalue weighted by Crippen LogP contribution is -2.04. The van der Waals surface area contributed by atoms with E-state index in [0.29, 0.717) is 0 Å². The van der Waals surface area contributed by atoms with Gasteiger partial charge >= 0.3 is 0 Å². The Hall–Kier alpha value is -1.97. The minimum atomic E-state index is 0.730. The summed E-state index contributed by atoms with van der Waals surface area (Å²) in [5.74, 6) is 2.42. The van der Waals surface area contributed by atoms with E-state index in [9.17, 15) is 0 Å². The average molecular weight is 260 g/mol. The third-order valence-corrected chi connectivity index (χ3v) is 3.05. The van der Waals surface area contributed by atoms with E-state index in [4.69, 9.17) is 9.47 Å². The molecule has 2 aromatic rings. The van der Waals surface area contributed by atoms with E-state index in [1.54, 1.807) is 14.2 Å². The number of ether oxygens (including phenoxy) is 2. The van der Waals surface area contributed by atoms with Gasteiger partial charge in [0.05, 0.1) is 14.2 Å². The van der Waals surface area contributed by atoms with E-state index in [1.165, 1.54) is 0 Å². The van der Waals surface area contributed by atoms with E-state index in [0.717, 1.165) is 46.7 Å². The Morgan fingerprint density at radius 3 is 2.58 bits per heavy atom. The van der Waals surface area contributed by atoms with Gasteiger partial charge in [-0.3, -0.25) is 0 Å². The summed E-state index contributed by atoms with van der Waals surface area (Å²) in [5.41, 5.74) is 1.98. The highest BCUT2D eigenvalue weighted by Crippen LogP contribution is 2.32. The number of nitrogens with one attached hydrogen (secondary N) is 1.